The predicted molar refractivity (Wildman–Crippen MR) is 97.6 cm³/mol. The molecule has 0 aromatic rings. The van der Waals surface area contributed by atoms with Crippen LogP contribution >= 0.6 is 0 Å². The van der Waals surface area contributed by atoms with Crippen LogP contribution in [-0.2, 0) is 9.47 Å². The third-order valence-electron chi connectivity index (χ3n) is 5.37. The number of hydrazine groups is 2. The Balaban J connectivity index is 2.23. The zero-order chi connectivity index (χ0) is 19.8. The Morgan fingerprint density at radius 2 is 1.04 bits per heavy atom. The van der Waals surface area contributed by atoms with Gasteiger partial charge < -0.3 is 9.47 Å². The van der Waals surface area contributed by atoms with Gasteiger partial charge in [0.05, 0.1) is 13.2 Å². The molecule has 8 nitrogen and oxygen atoms in total. The van der Waals surface area contributed by atoms with Crippen molar-refractivity contribution in [2.45, 2.75) is 79.8 Å². The van der Waals surface area contributed by atoms with Crippen molar-refractivity contribution in [3.8, 4) is 0 Å². The van der Waals surface area contributed by atoms with Crippen LogP contribution in [0.5, 0.6) is 0 Å². The quantitative estimate of drug-likeness (QED) is 0.642. The van der Waals surface area contributed by atoms with Crippen molar-refractivity contribution < 1.29 is 19.1 Å². The highest BCUT2D eigenvalue weighted by Gasteiger charge is 2.69. The fourth-order valence-corrected chi connectivity index (χ4v) is 3.19. The summed E-state index contributed by atoms with van der Waals surface area (Å²) >= 11 is 0. The van der Waals surface area contributed by atoms with Crippen LogP contribution in [-0.4, -0.2) is 69.9 Å². The fourth-order valence-electron chi connectivity index (χ4n) is 3.19. The summed E-state index contributed by atoms with van der Waals surface area (Å²) in [5, 5.41) is 7.31. The van der Waals surface area contributed by atoms with Crippen molar-refractivity contribution in [2.24, 2.45) is 11.8 Å². The van der Waals surface area contributed by atoms with Gasteiger partial charge >= 0.3 is 12.2 Å². The second-order valence-electron chi connectivity index (χ2n) is 7.64. The lowest BCUT2D eigenvalue weighted by molar-refractivity contribution is 0.106. The number of hydrogen-bond donors (Lipinski definition) is 0. The third kappa shape index (κ3) is 3.76. The van der Waals surface area contributed by atoms with Crippen LogP contribution < -0.4 is 0 Å². The van der Waals surface area contributed by atoms with Gasteiger partial charge in [-0.1, -0.05) is 27.7 Å². The molecular weight excluding hydrogens is 336 g/mol. The minimum atomic E-state index is -0.363. The number of hydrogen-bond acceptors (Lipinski definition) is 6. The average Bonchev–Trinajstić information content (AvgIpc) is 3.44. The molecule has 0 spiro atoms. The van der Waals surface area contributed by atoms with Crippen LogP contribution in [0.25, 0.3) is 0 Å². The Bertz CT molecular complexity index is 481. The molecule has 2 unspecified atom stereocenters. The number of amides is 2. The molecule has 6 atom stereocenters. The van der Waals surface area contributed by atoms with E-state index in [0.29, 0.717) is 25.0 Å². The van der Waals surface area contributed by atoms with Crippen molar-refractivity contribution in [1.29, 1.82) is 0 Å². The third-order valence-corrected chi connectivity index (χ3v) is 5.37. The maximum absolute atomic E-state index is 12.4. The smallest absolute Gasteiger partial charge is 0.426 e. The first-order valence-corrected chi connectivity index (χ1v) is 9.67. The summed E-state index contributed by atoms with van der Waals surface area (Å²) in [6.07, 6.45) is -1.15. The molecule has 2 rings (SSSR count). The molecule has 150 valence electrons. The van der Waals surface area contributed by atoms with E-state index in [2.05, 4.69) is 41.5 Å². The standard InChI is InChI=1S/C18H34N4O4/c1-9-25-17(23)21-15(19(21)13(7)11(3)4)16-20(14(8)12(5)6)22(16)18(24)26-10-2/h11-16H,9-10H2,1-8H3/t13-,14-,15-,16+,19?,20?,21?,22?/m1/s1. The average molecular weight is 370 g/mol. The van der Waals surface area contributed by atoms with E-state index >= 15 is 0 Å². The van der Waals surface area contributed by atoms with Crippen LogP contribution in [0.15, 0.2) is 0 Å². The second-order valence-corrected chi connectivity index (χ2v) is 7.64. The Kier molecular flexibility index (Phi) is 6.39. The Morgan fingerprint density at radius 3 is 1.27 bits per heavy atom. The zero-order valence-electron chi connectivity index (χ0n) is 17.3. The first-order valence-electron chi connectivity index (χ1n) is 9.67. The van der Waals surface area contributed by atoms with Crippen LogP contribution in [0.2, 0.25) is 0 Å². The van der Waals surface area contributed by atoms with Gasteiger partial charge in [-0.15, -0.1) is 0 Å². The highest BCUT2D eigenvalue weighted by atomic mass is 16.6. The zero-order valence-corrected chi connectivity index (χ0v) is 17.3. The number of rotatable bonds is 7. The van der Waals surface area contributed by atoms with E-state index in [-0.39, 0.29) is 36.6 Å². The van der Waals surface area contributed by atoms with Crippen LogP contribution in [0.4, 0.5) is 9.59 Å². The minimum absolute atomic E-state index is 0.158. The van der Waals surface area contributed by atoms with E-state index in [4.69, 9.17) is 9.47 Å². The SMILES string of the molecule is CCOC(=O)N1[C@@H]([C@H]2N(C(=O)OCC)N2[C@H](C)C(C)C)N1[C@H](C)C(C)C. The van der Waals surface area contributed by atoms with Crippen molar-refractivity contribution in [2.75, 3.05) is 13.2 Å². The largest absolute Gasteiger partial charge is 0.449 e. The van der Waals surface area contributed by atoms with Crippen molar-refractivity contribution in [1.82, 2.24) is 20.0 Å². The van der Waals surface area contributed by atoms with Crippen LogP contribution in [0, 0.1) is 11.8 Å². The molecule has 0 aromatic carbocycles. The van der Waals surface area contributed by atoms with Gasteiger partial charge in [0.25, 0.3) is 0 Å². The molecule has 2 amide bonds. The van der Waals surface area contributed by atoms with Crippen LogP contribution in [0.1, 0.15) is 55.4 Å². The first-order chi connectivity index (χ1) is 12.2. The molecule has 0 radical (unpaired) electrons. The molecule has 2 heterocycles. The van der Waals surface area contributed by atoms with E-state index in [1.54, 1.807) is 23.9 Å². The Labute approximate surface area is 156 Å². The lowest BCUT2D eigenvalue weighted by Crippen LogP contribution is -2.28. The second kappa shape index (κ2) is 8.00. The Hall–Kier alpha value is -1.54. The number of carbonyl (C=O) groups excluding carboxylic acids is 2. The van der Waals surface area contributed by atoms with Crippen molar-refractivity contribution >= 4 is 12.2 Å². The van der Waals surface area contributed by atoms with Gasteiger partial charge in [0.2, 0.25) is 0 Å². The number of carbonyl (C=O) groups is 2. The topological polar surface area (TPSA) is 64.6 Å². The highest BCUT2D eigenvalue weighted by Crippen LogP contribution is 2.47. The summed E-state index contributed by atoms with van der Waals surface area (Å²) in [5.41, 5.74) is 0. The van der Waals surface area contributed by atoms with Gasteiger partial charge in [0.15, 0.2) is 12.3 Å². The fraction of sp³-hybridized carbons (Fsp3) is 0.889. The molecule has 0 aliphatic carbocycles. The predicted octanol–water partition coefficient (Wildman–Crippen LogP) is 3.11. The molecular formula is C18H34N4O4. The van der Waals surface area contributed by atoms with Gasteiger partial charge in [-0.3, -0.25) is 0 Å². The molecule has 2 fully saturated rings. The molecule has 8 heteroatoms. The first kappa shape index (κ1) is 20.8. The molecule has 2 saturated heterocycles. The summed E-state index contributed by atoms with van der Waals surface area (Å²) in [7, 11) is 0. The van der Waals surface area contributed by atoms with E-state index in [9.17, 15) is 9.59 Å². The van der Waals surface area contributed by atoms with Gasteiger partial charge in [0.1, 0.15) is 0 Å². The summed E-state index contributed by atoms with van der Waals surface area (Å²) in [6, 6.07) is 0.315. The van der Waals surface area contributed by atoms with Crippen molar-refractivity contribution in [3.63, 3.8) is 0 Å². The summed E-state index contributed by atoms with van der Waals surface area (Å²) in [6.45, 7) is 16.9. The number of nitrogens with zero attached hydrogens (tertiary/aromatic N) is 4. The summed E-state index contributed by atoms with van der Waals surface area (Å²) < 4.78 is 10.4. The van der Waals surface area contributed by atoms with E-state index in [1.807, 2.05) is 10.0 Å². The van der Waals surface area contributed by atoms with Crippen LogP contribution in [0.3, 0.4) is 0 Å². The lowest BCUT2D eigenvalue weighted by Gasteiger charge is -2.17. The van der Waals surface area contributed by atoms with Gasteiger partial charge in [-0.2, -0.15) is 10.0 Å². The van der Waals surface area contributed by atoms with Gasteiger partial charge in [-0.05, 0) is 39.5 Å². The number of ether oxygens (including phenoxy) is 2. The molecule has 2 aliphatic heterocycles. The van der Waals surface area contributed by atoms with Crippen molar-refractivity contribution in [3.05, 3.63) is 0 Å². The lowest BCUT2D eigenvalue weighted by atomic mass is 10.1. The summed E-state index contributed by atoms with van der Waals surface area (Å²) in [5.74, 6) is 0.727. The molecule has 0 aromatic heterocycles. The van der Waals surface area contributed by atoms with E-state index in [1.165, 1.54) is 0 Å². The maximum Gasteiger partial charge on any atom is 0.426 e. The molecule has 0 saturated carbocycles. The van der Waals surface area contributed by atoms with E-state index < -0.39 is 0 Å². The molecule has 26 heavy (non-hydrogen) atoms. The molecule has 0 bridgehead atoms. The van der Waals surface area contributed by atoms with Gasteiger partial charge in [0, 0.05) is 12.1 Å². The van der Waals surface area contributed by atoms with Gasteiger partial charge in [-0.25, -0.2) is 19.6 Å². The van der Waals surface area contributed by atoms with E-state index in [0.717, 1.165) is 0 Å². The summed E-state index contributed by atoms with van der Waals surface area (Å²) in [4.78, 5) is 24.8. The maximum atomic E-state index is 12.4. The minimum Gasteiger partial charge on any atom is -0.449 e. The molecule has 2 aliphatic rings. The molecule has 0 N–H and O–H groups in total. The Morgan fingerprint density at radius 1 is 0.731 bits per heavy atom. The highest BCUT2D eigenvalue weighted by molar-refractivity contribution is 5.73. The monoisotopic (exact) mass is 370 g/mol. The normalized spacial score (nSPS) is 29.6.